The molecule has 4 rings (SSSR count). The second kappa shape index (κ2) is 8.35. The van der Waals surface area contributed by atoms with E-state index in [-0.39, 0.29) is 24.0 Å². The predicted molar refractivity (Wildman–Crippen MR) is 111 cm³/mol. The molecule has 3 heterocycles. The Morgan fingerprint density at radius 2 is 2.24 bits per heavy atom. The van der Waals surface area contributed by atoms with Crippen molar-refractivity contribution in [3.63, 3.8) is 0 Å². The molecule has 7 heteroatoms. The topological polar surface area (TPSA) is 74.3 Å². The maximum atomic E-state index is 5.91. The highest BCUT2D eigenvalue weighted by Crippen LogP contribution is 2.34. The van der Waals surface area contributed by atoms with Gasteiger partial charge in [0.05, 0.1) is 29.3 Å². The van der Waals surface area contributed by atoms with E-state index >= 15 is 0 Å². The maximum Gasteiger partial charge on any atom is 0.191 e. The van der Waals surface area contributed by atoms with Crippen LogP contribution >= 0.6 is 24.0 Å². The van der Waals surface area contributed by atoms with E-state index in [9.17, 15) is 0 Å². The van der Waals surface area contributed by atoms with Gasteiger partial charge in [0.15, 0.2) is 5.96 Å². The molecule has 2 aromatic rings. The zero-order valence-electron chi connectivity index (χ0n) is 14.5. The summed E-state index contributed by atoms with van der Waals surface area (Å²) in [5, 5.41) is 6.88. The highest BCUT2D eigenvalue weighted by atomic mass is 127. The monoisotopic (exact) mass is 455 g/mol. The van der Waals surface area contributed by atoms with Crippen molar-refractivity contribution in [2.24, 2.45) is 4.99 Å². The molecular weight excluding hydrogens is 429 g/mol. The molecule has 2 saturated heterocycles. The first-order chi connectivity index (χ1) is 11.8. The van der Waals surface area contributed by atoms with Crippen molar-refractivity contribution in [2.75, 3.05) is 13.1 Å². The van der Waals surface area contributed by atoms with Crippen LogP contribution in [0.1, 0.15) is 32.0 Å². The fraction of sp³-hybridized carbons (Fsp3) is 0.556. The number of rotatable bonds is 5. The molecule has 25 heavy (non-hydrogen) atoms. The summed E-state index contributed by atoms with van der Waals surface area (Å²) in [6, 6.07) is 8.51. The number of nitrogens with zero attached hydrogens (tertiary/aromatic N) is 2. The Morgan fingerprint density at radius 1 is 1.36 bits per heavy atom. The fourth-order valence-corrected chi connectivity index (χ4v) is 3.68. The van der Waals surface area contributed by atoms with Crippen LogP contribution in [0, 0.1) is 0 Å². The number of aromatic amines is 1. The minimum atomic E-state index is 0. The Labute approximate surface area is 165 Å². The van der Waals surface area contributed by atoms with Crippen LogP contribution < -0.4 is 10.6 Å². The first-order valence-corrected chi connectivity index (χ1v) is 8.96. The summed E-state index contributed by atoms with van der Waals surface area (Å²) in [6.07, 6.45) is 5.08. The highest BCUT2D eigenvalue weighted by molar-refractivity contribution is 14.0. The van der Waals surface area contributed by atoms with Gasteiger partial charge in [-0.2, -0.15) is 0 Å². The minimum Gasteiger partial charge on any atom is -0.373 e. The summed E-state index contributed by atoms with van der Waals surface area (Å²) in [6.45, 7) is 3.66. The third kappa shape index (κ3) is 4.25. The minimum absolute atomic E-state index is 0. The van der Waals surface area contributed by atoms with E-state index in [1.165, 1.54) is 12.8 Å². The normalized spacial score (nSPS) is 25.2. The zero-order valence-corrected chi connectivity index (χ0v) is 16.8. The molecule has 3 N–H and O–H groups in total. The zero-order chi connectivity index (χ0) is 16.4. The van der Waals surface area contributed by atoms with Gasteiger partial charge in [-0.15, -0.1) is 24.0 Å². The number of ether oxygens (including phenoxy) is 1. The molecule has 1 aromatic heterocycles. The van der Waals surface area contributed by atoms with Gasteiger partial charge in [0.2, 0.25) is 0 Å². The largest absolute Gasteiger partial charge is 0.373 e. The molecule has 0 spiro atoms. The van der Waals surface area contributed by atoms with Crippen LogP contribution in [-0.4, -0.2) is 47.3 Å². The molecule has 0 amide bonds. The van der Waals surface area contributed by atoms with Gasteiger partial charge in [-0.05, 0) is 38.3 Å². The van der Waals surface area contributed by atoms with Gasteiger partial charge >= 0.3 is 0 Å². The highest BCUT2D eigenvalue weighted by Gasteiger charge is 2.41. The molecular formula is C18H26IN5O. The number of hydrogen-bond acceptors (Lipinski definition) is 3. The van der Waals surface area contributed by atoms with Crippen LogP contribution in [0.25, 0.3) is 11.0 Å². The average molecular weight is 455 g/mol. The van der Waals surface area contributed by atoms with Crippen LogP contribution in [0.15, 0.2) is 29.3 Å². The van der Waals surface area contributed by atoms with Gasteiger partial charge in [-0.1, -0.05) is 12.1 Å². The number of guanidine groups is 1. The van der Waals surface area contributed by atoms with Gasteiger partial charge in [0, 0.05) is 19.5 Å². The number of H-pyrrole nitrogens is 1. The smallest absolute Gasteiger partial charge is 0.191 e. The lowest BCUT2D eigenvalue weighted by Gasteiger charge is -2.22. The molecule has 2 bridgehead atoms. The second-order valence-electron chi connectivity index (χ2n) is 6.57. The van der Waals surface area contributed by atoms with Crippen LogP contribution in [0.4, 0.5) is 0 Å². The molecule has 3 atom stereocenters. The SMILES string of the molecule is CCNC(=NCCc1nc2ccccc2[nH]1)NC1CC2CCC1O2.I. The third-order valence-corrected chi connectivity index (χ3v) is 4.83. The molecule has 2 aliphatic heterocycles. The molecule has 0 radical (unpaired) electrons. The van der Waals surface area contributed by atoms with E-state index in [0.717, 1.165) is 42.2 Å². The van der Waals surface area contributed by atoms with Gasteiger partial charge in [0.1, 0.15) is 5.82 Å². The van der Waals surface area contributed by atoms with Gasteiger partial charge < -0.3 is 20.4 Å². The van der Waals surface area contributed by atoms with E-state index < -0.39 is 0 Å². The van der Waals surface area contributed by atoms with Crippen molar-refractivity contribution in [3.8, 4) is 0 Å². The van der Waals surface area contributed by atoms with E-state index in [1.54, 1.807) is 0 Å². The Hall–Kier alpha value is -1.35. The lowest BCUT2D eigenvalue weighted by molar-refractivity contribution is 0.0992. The number of para-hydroxylation sites is 2. The molecule has 2 aliphatic rings. The third-order valence-electron chi connectivity index (χ3n) is 4.83. The molecule has 3 unspecified atom stereocenters. The number of halogens is 1. The molecule has 1 aromatic carbocycles. The number of hydrogen-bond donors (Lipinski definition) is 3. The van der Waals surface area contributed by atoms with E-state index in [2.05, 4.69) is 33.6 Å². The predicted octanol–water partition coefficient (Wildman–Crippen LogP) is 2.60. The number of nitrogens with one attached hydrogen (secondary N) is 3. The van der Waals surface area contributed by atoms with Crippen LogP contribution in [0.3, 0.4) is 0 Å². The summed E-state index contributed by atoms with van der Waals surface area (Å²) >= 11 is 0. The van der Waals surface area contributed by atoms with Crippen molar-refractivity contribution in [1.82, 2.24) is 20.6 Å². The summed E-state index contributed by atoms with van der Waals surface area (Å²) in [4.78, 5) is 12.7. The van der Waals surface area contributed by atoms with Crippen molar-refractivity contribution >= 4 is 41.0 Å². The quantitative estimate of drug-likeness (QED) is 0.368. The molecule has 0 saturated carbocycles. The number of imidazole rings is 1. The van der Waals surface area contributed by atoms with Crippen LogP contribution in [-0.2, 0) is 11.2 Å². The van der Waals surface area contributed by atoms with Crippen molar-refractivity contribution in [2.45, 2.75) is 50.9 Å². The van der Waals surface area contributed by atoms with Gasteiger partial charge in [-0.25, -0.2) is 4.98 Å². The molecule has 2 fully saturated rings. The summed E-state index contributed by atoms with van der Waals surface area (Å²) < 4.78 is 5.91. The Kier molecular flexibility index (Phi) is 6.16. The van der Waals surface area contributed by atoms with E-state index in [4.69, 9.17) is 9.73 Å². The standard InChI is InChI=1S/C18H25N5O.HI/c1-2-19-18(23-15-11-12-7-8-16(15)24-12)20-10-9-17-21-13-5-3-4-6-14(13)22-17;/h3-6,12,15-16H,2,7-11H2,1H3,(H,21,22)(H2,19,20,23);1H. The lowest BCUT2D eigenvalue weighted by Crippen LogP contribution is -2.47. The number of aliphatic imine (C=N–C) groups is 1. The van der Waals surface area contributed by atoms with Crippen LogP contribution in [0.2, 0.25) is 0 Å². The molecule has 0 aliphatic carbocycles. The number of benzene rings is 1. The second-order valence-corrected chi connectivity index (χ2v) is 6.57. The average Bonchev–Trinajstić information content (AvgIpc) is 3.29. The summed E-state index contributed by atoms with van der Waals surface area (Å²) in [5.74, 6) is 1.87. The Morgan fingerprint density at radius 3 is 2.96 bits per heavy atom. The van der Waals surface area contributed by atoms with Gasteiger partial charge in [-0.3, -0.25) is 4.99 Å². The number of aromatic nitrogens is 2. The maximum absolute atomic E-state index is 5.91. The van der Waals surface area contributed by atoms with E-state index in [0.29, 0.717) is 24.8 Å². The summed E-state index contributed by atoms with van der Waals surface area (Å²) in [5.41, 5.74) is 2.10. The Bertz CT molecular complexity index is 698. The first-order valence-electron chi connectivity index (χ1n) is 8.96. The molecule has 6 nitrogen and oxygen atoms in total. The lowest BCUT2D eigenvalue weighted by atomic mass is 9.96. The Balaban J connectivity index is 0.00000182. The summed E-state index contributed by atoms with van der Waals surface area (Å²) in [7, 11) is 0. The van der Waals surface area contributed by atoms with Gasteiger partial charge in [0.25, 0.3) is 0 Å². The number of fused-ring (bicyclic) bond motifs is 3. The van der Waals surface area contributed by atoms with Crippen molar-refractivity contribution in [3.05, 3.63) is 30.1 Å². The van der Waals surface area contributed by atoms with Crippen molar-refractivity contribution in [1.29, 1.82) is 0 Å². The molecule has 136 valence electrons. The fourth-order valence-electron chi connectivity index (χ4n) is 3.68. The van der Waals surface area contributed by atoms with Crippen LogP contribution in [0.5, 0.6) is 0 Å². The van der Waals surface area contributed by atoms with Crippen molar-refractivity contribution < 1.29 is 4.74 Å². The van der Waals surface area contributed by atoms with E-state index in [1.807, 2.05) is 18.2 Å². The first kappa shape index (κ1) is 18.4.